The number of amides is 1. The van der Waals surface area contributed by atoms with Crippen molar-refractivity contribution in [3.05, 3.63) is 23.8 Å². The molecule has 0 aromatic heterocycles. The van der Waals surface area contributed by atoms with E-state index in [4.69, 9.17) is 10.8 Å². The fourth-order valence-electron chi connectivity index (χ4n) is 1.56. The lowest BCUT2D eigenvalue weighted by molar-refractivity contribution is -0.116. The number of carboxylic acids is 1. The molecule has 98 valence electrons. The first-order valence-corrected chi connectivity index (χ1v) is 5.97. The Kier molecular flexibility index (Phi) is 5.17. The molecule has 0 fully saturated rings. The number of anilines is 2. The molecule has 0 heterocycles. The third-order valence-electron chi connectivity index (χ3n) is 2.58. The summed E-state index contributed by atoms with van der Waals surface area (Å²) in [5.41, 5.74) is 6.51. The maximum absolute atomic E-state index is 11.6. The van der Waals surface area contributed by atoms with Gasteiger partial charge in [-0.3, -0.25) is 4.79 Å². The molecule has 0 saturated heterocycles. The van der Waals surface area contributed by atoms with E-state index in [1.165, 1.54) is 18.2 Å². The first kappa shape index (κ1) is 14.0. The van der Waals surface area contributed by atoms with Gasteiger partial charge in [0, 0.05) is 6.42 Å². The van der Waals surface area contributed by atoms with Gasteiger partial charge in [0.05, 0.1) is 16.9 Å². The number of rotatable bonds is 6. The number of carbonyl (C=O) groups is 2. The van der Waals surface area contributed by atoms with Gasteiger partial charge in [-0.2, -0.15) is 0 Å². The molecule has 5 nitrogen and oxygen atoms in total. The van der Waals surface area contributed by atoms with Gasteiger partial charge in [0.25, 0.3) is 0 Å². The van der Waals surface area contributed by atoms with E-state index in [-0.39, 0.29) is 17.2 Å². The molecule has 0 aliphatic carbocycles. The predicted octanol–water partition coefficient (Wildman–Crippen LogP) is 2.49. The van der Waals surface area contributed by atoms with E-state index in [0.717, 1.165) is 19.3 Å². The molecule has 0 aliphatic heterocycles. The Hall–Kier alpha value is -2.04. The normalized spacial score (nSPS) is 10.1. The molecule has 1 amide bonds. The fraction of sp³-hybridized carbons (Fsp3) is 0.385. The van der Waals surface area contributed by atoms with Crippen molar-refractivity contribution in [2.24, 2.45) is 0 Å². The van der Waals surface area contributed by atoms with Gasteiger partial charge in [-0.25, -0.2) is 4.79 Å². The van der Waals surface area contributed by atoms with Crippen LogP contribution in [0.15, 0.2) is 18.2 Å². The Labute approximate surface area is 106 Å². The summed E-state index contributed by atoms with van der Waals surface area (Å²) in [4.78, 5) is 22.3. The highest BCUT2D eigenvalue weighted by Gasteiger charge is 2.08. The molecule has 0 spiro atoms. The van der Waals surface area contributed by atoms with Gasteiger partial charge in [-0.15, -0.1) is 0 Å². The summed E-state index contributed by atoms with van der Waals surface area (Å²) in [6.07, 6.45) is 3.37. The minimum absolute atomic E-state index is 0.0989. The zero-order valence-electron chi connectivity index (χ0n) is 10.4. The minimum atomic E-state index is -1.04. The van der Waals surface area contributed by atoms with Crippen LogP contribution in [0, 0.1) is 0 Å². The topological polar surface area (TPSA) is 92.4 Å². The first-order chi connectivity index (χ1) is 8.54. The van der Waals surface area contributed by atoms with Crippen molar-refractivity contribution in [1.82, 2.24) is 0 Å². The number of carboxylic acid groups (broad SMARTS) is 1. The average molecular weight is 250 g/mol. The third kappa shape index (κ3) is 4.08. The average Bonchev–Trinajstić information content (AvgIpc) is 2.32. The Morgan fingerprint density at radius 3 is 2.61 bits per heavy atom. The largest absolute Gasteiger partial charge is 0.478 e. The molecule has 0 atom stereocenters. The van der Waals surface area contributed by atoms with E-state index in [1.54, 1.807) is 0 Å². The smallest absolute Gasteiger partial charge is 0.335 e. The zero-order chi connectivity index (χ0) is 13.5. The lowest BCUT2D eigenvalue weighted by Gasteiger charge is -2.08. The van der Waals surface area contributed by atoms with Crippen LogP contribution in [0.3, 0.4) is 0 Å². The molecule has 0 aliphatic rings. The van der Waals surface area contributed by atoms with Crippen LogP contribution in [0.25, 0.3) is 0 Å². The quantitative estimate of drug-likeness (QED) is 0.534. The summed E-state index contributed by atoms with van der Waals surface area (Å²) in [7, 11) is 0. The molecule has 0 radical (unpaired) electrons. The van der Waals surface area contributed by atoms with Crippen molar-refractivity contribution in [3.63, 3.8) is 0 Å². The number of aromatic carboxylic acids is 1. The molecule has 1 rings (SSSR count). The summed E-state index contributed by atoms with van der Waals surface area (Å²) in [6, 6.07) is 4.26. The van der Waals surface area contributed by atoms with E-state index in [9.17, 15) is 9.59 Å². The third-order valence-corrected chi connectivity index (χ3v) is 2.58. The van der Waals surface area contributed by atoms with Crippen molar-refractivity contribution >= 4 is 23.3 Å². The second kappa shape index (κ2) is 6.64. The van der Waals surface area contributed by atoms with Gasteiger partial charge in [-0.1, -0.05) is 19.8 Å². The summed E-state index contributed by atoms with van der Waals surface area (Å²) in [6.45, 7) is 2.07. The van der Waals surface area contributed by atoms with Crippen LogP contribution in [0.2, 0.25) is 0 Å². The number of nitrogens with one attached hydrogen (secondary N) is 1. The van der Waals surface area contributed by atoms with Gasteiger partial charge in [0.1, 0.15) is 0 Å². The van der Waals surface area contributed by atoms with Crippen LogP contribution in [0.4, 0.5) is 11.4 Å². The van der Waals surface area contributed by atoms with Gasteiger partial charge in [-0.05, 0) is 24.6 Å². The summed E-state index contributed by atoms with van der Waals surface area (Å²) >= 11 is 0. The number of nitrogen functional groups attached to an aromatic ring is 1. The van der Waals surface area contributed by atoms with Crippen molar-refractivity contribution in [1.29, 1.82) is 0 Å². The maximum Gasteiger partial charge on any atom is 0.335 e. The summed E-state index contributed by atoms with van der Waals surface area (Å²) in [5, 5.41) is 11.5. The minimum Gasteiger partial charge on any atom is -0.478 e. The van der Waals surface area contributed by atoms with Crippen LogP contribution in [0.1, 0.15) is 43.0 Å². The first-order valence-electron chi connectivity index (χ1n) is 5.97. The molecule has 4 N–H and O–H groups in total. The summed E-state index contributed by atoms with van der Waals surface area (Å²) < 4.78 is 0. The molecule has 18 heavy (non-hydrogen) atoms. The van der Waals surface area contributed by atoms with Crippen molar-refractivity contribution in [2.45, 2.75) is 32.6 Å². The molecule has 0 bridgehead atoms. The fourth-order valence-corrected chi connectivity index (χ4v) is 1.56. The molecular weight excluding hydrogens is 232 g/mol. The Morgan fingerprint density at radius 2 is 2.06 bits per heavy atom. The zero-order valence-corrected chi connectivity index (χ0v) is 10.4. The molecule has 0 saturated carbocycles. The molecule has 1 aromatic carbocycles. The van der Waals surface area contributed by atoms with Crippen molar-refractivity contribution in [2.75, 3.05) is 11.1 Å². The monoisotopic (exact) mass is 250 g/mol. The molecular formula is C13H18N2O3. The van der Waals surface area contributed by atoms with E-state index < -0.39 is 5.97 Å². The van der Waals surface area contributed by atoms with Gasteiger partial charge >= 0.3 is 5.97 Å². The van der Waals surface area contributed by atoms with Crippen LogP contribution >= 0.6 is 0 Å². The Balaban J connectivity index is 2.62. The molecule has 0 unspecified atom stereocenters. The second-order valence-corrected chi connectivity index (χ2v) is 4.11. The van der Waals surface area contributed by atoms with E-state index in [0.29, 0.717) is 12.1 Å². The van der Waals surface area contributed by atoms with Gasteiger partial charge in [0.2, 0.25) is 5.91 Å². The highest BCUT2D eigenvalue weighted by Crippen LogP contribution is 2.20. The lowest BCUT2D eigenvalue weighted by Crippen LogP contribution is -2.13. The summed E-state index contributed by atoms with van der Waals surface area (Å²) in [5.74, 6) is -1.14. The Bertz CT molecular complexity index is 444. The van der Waals surface area contributed by atoms with E-state index in [2.05, 4.69) is 12.2 Å². The van der Waals surface area contributed by atoms with Gasteiger partial charge in [0.15, 0.2) is 0 Å². The Morgan fingerprint density at radius 1 is 1.33 bits per heavy atom. The molecule has 1 aromatic rings. The predicted molar refractivity (Wildman–Crippen MR) is 70.6 cm³/mol. The highest BCUT2D eigenvalue weighted by molar-refractivity contribution is 5.96. The standard InChI is InChI=1S/C13H18N2O3/c1-2-3-4-5-12(16)15-11-7-6-9(13(17)18)8-10(11)14/h6-8H,2-5,14H2,1H3,(H,15,16)(H,17,18). The number of hydrogen-bond acceptors (Lipinski definition) is 3. The molecule has 5 heteroatoms. The lowest BCUT2D eigenvalue weighted by atomic mass is 10.1. The van der Waals surface area contributed by atoms with Crippen molar-refractivity contribution < 1.29 is 14.7 Å². The van der Waals surface area contributed by atoms with Crippen LogP contribution in [-0.2, 0) is 4.79 Å². The number of benzene rings is 1. The SMILES string of the molecule is CCCCCC(=O)Nc1ccc(C(=O)O)cc1N. The van der Waals surface area contributed by atoms with Crippen molar-refractivity contribution in [3.8, 4) is 0 Å². The number of carbonyl (C=O) groups excluding carboxylic acids is 1. The second-order valence-electron chi connectivity index (χ2n) is 4.11. The highest BCUT2D eigenvalue weighted by atomic mass is 16.4. The van der Waals surface area contributed by atoms with Crippen LogP contribution in [0.5, 0.6) is 0 Å². The maximum atomic E-state index is 11.6. The van der Waals surface area contributed by atoms with Gasteiger partial charge < -0.3 is 16.2 Å². The van der Waals surface area contributed by atoms with Crippen LogP contribution in [-0.4, -0.2) is 17.0 Å². The van der Waals surface area contributed by atoms with E-state index >= 15 is 0 Å². The van der Waals surface area contributed by atoms with Crippen LogP contribution < -0.4 is 11.1 Å². The number of unbranched alkanes of at least 4 members (excludes halogenated alkanes) is 2. The van der Waals surface area contributed by atoms with E-state index in [1.807, 2.05) is 0 Å². The number of nitrogens with two attached hydrogens (primary N) is 1. The number of hydrogen-bond donors (Lipinski definition) is 3.